The number of nitrogens with one attached hydrogen (secondary N) is 2. The monoisotopic (exact) mass is 393 g/mol. The number of Topliss-reactive ketones (excluding diaryl/α,β-unsaturated/α-hetero) is 1. The number of hydrogen-bond donors (Lipinski definition) is 2. The molecule has 0 fully saturated rings. The molecule has 144 valence electrons. The van der Waals surface area contributed by atoms with Gasteiger partial charge in [0.15, 0.2) is 10.9 Å². The van der Waals surface area contributed by atoms with E-state index in [1.165, 1.54) is 16.9 Å². The van der Waals surface area contributed by atoms with Crippen LogP contribution in [0.15, 0.2) is 53.9 Å². The van der Waals surface area contributed by atoms with E-state index in [4.69, 9.17) is 0 Å². The van der Waals surface area contributed by atoms with Crippen LogP contribution in [0.3, 0.4) is 0 Å². The van der Waals surface area contributed by atoms with E-state index in [-0.39, 0.29) is 11.7 Å². The second-order valence-corrected chi connectivity index (χ2v) is 7.52. The third kappa shape index (κ3) is 5.76. The highest BCUT2D eigenvalue weighted by Gasteiger charge is 2.06. The molecule has 6 heteroatoms. The molecular weight excluding hydrogens is 370 g/mol. The maximum Gasteiger partial charge on any atom is 0.220 e. The van der Waals surface area contributed by atoms with Crippen molar-refractivity contribution in [2.24, 2.45) is 0 Å². The van der Waals surface area contributed by atoms with E-state index in [1.54, 1.807) is 19.1 Å². The lowest BCUT2D eigenvalue weighted by molar-refractivity contribution is -0.121. The number of amides is 1. The highest BCUT2D eigenvalue weighted by Crippen LogP contribution is 2.21. The van der Waals surface area contributed by atoms with Gasteiger partial charge in [-0.25, -0.2) is 4.98 Å². The Kier molecular flexibility index (Phi) is 6.55. The van der Waals surface area contributed by atoms with Gasteiger partial charge in [0.05, 0.1) is 12.2 Å². The van der Waals surface area contributed by atoms with Gasteiger partial charge in [-0.15, -0.1) is 11.3 Å². The molecule has 2 aromatic carbocycles. The van der Waals surface area contributed by atoms with Crippen molar-refractivity contribution in [1.29, 1.82) is 0 Å². The first-order chi connectivity index (χ1) is 13.5. The molecule has 0 atom stereocenters. The molecular formula is C22H23N3O2S. The van der Waals surface area contributed by atoms with Gasteiger partial charge in [-0.2, -0.15) is 0 Å². The number of thiazole rings is 1. The zero-order valence-corrected chi connectivity index (χ0v) is 16.8. The predicted octanol–water partition coefficient (Wildman–Crippen LogP) is 4.65. The molecule has 28 heavy (non-hydrogen) atoms. The largest absolute Gasteiger partial charge is 0.350 e. The van der Waals surface area contributed by atoms with E-state index in [0.717, 1.165) is 28.5 Å². The average molecular weight is 394 g/mol. The van der Waals surface area contributed by atoms with Gasteiger partial charge >= 0.3 is 0 Å². The number of ketones is 1. The molecule has 0 aliphatic carbocycles. The fourth-order valence-corrected chi connectivity index (χ4v) is 3.38. The van der Waals surface area contributed by atoms with Gasteiger partial charge in [-0.1, -0.05) is 29.8 Å². The average Bonchev–Trinajstić information content (AvgIpc) is 3.13. The van der Waals surface area contributed by atoms with E-state index in [0.29, 0.717) is 18.5 Å². The van der Waals surface area contributed by atoms with Gasteiger partial charge in [0.1, 0.15) is 0 Å². The Bertz CT molecular complexity index is 947. The van der Waals surface area contributed by atoms with Gasteiger partial charge in [0, 0.05) is 23.1 Å². The summed E-state index contributed by atoms with van der Waals surface area (Å²) in [6, 6.07) is 15.5. The molecule has 0 saturated carbocycles. The molecule has 0 radical (unpaired) electrons. The summed E-state index contributed by atoms with van der Waals surface area (Å²) in [7, 11) is 0. The number of anilines is 2. The molecule has 0 spiro atoms. The van der Waals surface area contributed by atoms with Crippen LogP contribution in [0.2, 0.25) is 0 Å². The van der Waals surface area contributed by atoms with Crippen molar-refractivity contribution in [1.82, 2.24) is 10.3 Å². The normalized spacial score (nSPS) is 10.5. The standard InChI is InChI=1S/C22H23N3O2S/c1-15-3-5-17(6-4-15)7-12-21(27)23-13-20-14-28-22(25-20)24-19-10-8-18(9-11-19)16(2)26/h3-6,8-11,14H,7,12-13H2,1-2H3,(H,23,27)(H,24,25). The zero-order valence-electron chi connectivity index (χ0n) is 16.0. The van der Waals surface area contributed by atoms with Crippen LogP contribution in [0.4, 0.5) is 10.8 Å². The summed E-state index contributed by atoms with van der Waals surface area (Å²) in [6.45, 7) is 4.01. The van der Waals surface area contributed by atoms with Crippen molar-refractivity contribution in [2.75, 3.05) is 5.32 Å². The first kappa shape index (κ1) is 19.8. The fourth-order valence-electron chi connectivity index (χ4n) is 2.65. The number of aromatic nitrogens is 1. The number of aryl methyl sites for hydroxylation is 2. The fraction of sp³-hybridized carbons (Fsp3) is 0.227. The molecule has 0 unspecified atom stereocenters. The Hall–Kier alpha value is -2.99. The minimum absolute atomic E-state index is 0.0166. The Morgan fingerprint density at radius 2 is 1.75 bits per heavy atom. The Morgan fingerprint density at radius 3 is 2.43 bits per heavy atom. The number of carbonyl (C=O) groups is 2. The Balaban J connectivity index is 1.45. The topological polar surface area (TPSA) is 71.1 Å². The summed E-state index contributed by atoms with van der Waals surface area (Å²) in [6.07, 6.45) is 1.19. The van der Waals surface area contributed by atoms with E-state index in [2.05, 4.69) is 46.8 Å². The SMILES string of the molecule is CC(=O)c1ccc(Nc2nc(CNC(=O)CCc3ccc(C)cc3)cs2)cc1. The molecule has 0 aliphatic heterocycles. The van der Waals surface area contributed by atoms with Crippen molar-refractivity contribution in [3.05, 3.63) is 76.3 Å². The molecule has 1 aromatic heterocycles. The number of hydrogen-bond acceptors (Lipinski definition) is 5. The van der Waals surface area contributed by atoms with Crippen LogP contribution in [-0.2, 0) is 17.8 Å². The summed E-state index contributed by atoms with van der Waals surface area (Å²) < 4.78 is 0. The first-order valence-electron chi connectivity index (χ1n) is 9.14. The highest BCUT2D eigenvalue weighted by molar-refractivity contribution is 7.13. The minimum Gasteiger partial charge on any atom is -0.350 e. The number of nitrogens with zero attached hydrogens (tertiary/aromatic N) is 1. The number of benzene rings is 2. The maximum absolute atomic E-state index is 12.1. The highest BCUT2D eigenvalue weighted by atomic mass is 32.1. The molecule has 0 bridgehead atoms. The van der Waals surface area contributed by atoms with Gasteiger partial charge in [-0.3, -0.25) is 9.59 Å². The lowest BCUT2D eigenvalue weighted by Crippen LogP contribution is -2.23. The van der Waals surface area contributed by atoms with Crippen LogP contribution < -0.4 is 10.6 Å². The maximum atomic E-state index is 12.1. The summed E-state index contributed by atoms with van der Waals surface area (Å²) in [4.78, 5) is 27.9. The van der Waals surface area contributed by atoms with Gasteiger partial charge < -0.3 is 10.6 Å². The lowest BCUT2D eigenvalue weighted by atomic mass is 10.1. The van der Waals surface area contributed by atoms with Crippen LogP contribution >= 0.6 is 11.3 Å². The third-order valence-corrected chi connectivity index (χ3v) is 5.13. The van der Waals surface area contributed by atoms with Crippen LogP contribution in [0.1, 0.15) is 40.5 Å². The van der Waals surface area contributed by atoms with Gasteiger partial charge in [-0.05, 0) is 50.1 Å². The van der Waals surface area contributed by atoms with Crippen molar-refractivity contribution in [3.8, 4) is 0 Å². The summed E-state index contributed by atoms with van der Waals surface area (Å²) in [5, 5.41) is 8.80. The molecule has 1 heterocycles. The van der Waals surface area contributed by atoms with Crippen LogP contribution in [0.5, 0.6) is 0 Å². The van der Waals surface area contributed by atoms with E-state index in [9.17, 15) is 9.59 Å². The molecule has 2 N–H and O–H groups in total. The quantitative estimate of drug-likeness (QED) is 0.547. The van der Waals surface area contributed by atoms with Crippen molar-refractivity contribution in [3.63, 3.8) is 0 Å². The minimum atomic E-state index is 0.0166. The predicted molar refractivity (Wildman–Crippen MR) is 113 cm³/mol. The summed E-state index contributed by atoms with van der Waals surface area (Å²) in [5.74, 6) is 0.0594. The summed E-state index contributed by atoms with van der Waals surface area (Å²) >= 11 is 1.48. The van der Waals surface area contributed by atoms with Gasteiger partial charge in [0.2, 0.25) is 5.91 Å². The number of rotatable bonds is 8. The van der Waals surface area contributed by atoms with Crippen molar-refractivity contribution in [2.45, 2.75) is 33.2 Å². The third-order valence-electron chi connectivity index (χ3n) is 4.32. The van der Waals surface area contributed by atoms with E-state index >= 15 is 0 Å². The summed E-state index contributed by atoms with van der Waals surface area (Å²) in [5.41, 5.74) is 4.75. The second-order valence-electron chi connectivity index (χ2n) is 6.66. The molecule has 0 saturated heterocycles. The Labute approximate surface area is 168 Å². The molecule has 3 aromatic rings. The van der Waals surface area contributed by atoms with E-state index < -0.39 is 0 Å². The van der Waals surface area contributed by atoms with Crippen LogP contribution in [0.25, 0.3) is 0 Å². The molecule has 0 aliphatic rings. The molecule has 5 nitrogen and oxygen atoms in total. The molecule has 3 rings (SSSR count). The second kappa shape index (κ2) is 9.28. The Morgan fingerprint density at radius 1 is 1.04 bits per heavy atom. The van der Waals surface area contributed by atoms with Crippen molar-refractivity contribution < 1.29 is 9.59 Å². The van der Waals surface area contributed by atoms with Crippen LogP contribution in [-0.4, -0.2) is 16.7 Å². The first-order valence-corrected chi connectivity index (χ1v) is 10.0. The molecule has 1 amide bonds. The lowest BCUT2D eigenvalue weighted by Gasteiger charge is -2.05. The van der Waals surface area contributed by atoms with Crippen molar-refractivity contribution >= 4 is 33.8 Å². The number of carbonyl (C=O) groups excluding carboxylic acids is 2. The van der Waals surface area contributed by atoms with Crippen LogP contribution in [0, 0.1) is 6.92 Å². The van der Waals surface area contributed by atoms with E-state index in [1.807, 2.05) is 17.5 Å². The zero-order chi connectivity index (χ0) is 19.9. The van der Waals surface area contributed by atoms with Gasteiger partial charge in [0.25, 0.3) is 0 Å². The smallest absolute Gasteiger partial charge is 0.220 e.